The summed E-state index contributed by atoms with van der Waals surface area (Å²) in [6.45, 7) is 8.18. The number of rotatable bonds is 8. The molecule has 1 heterocycles. The fourth-order valence-electron chi connectivity index (χ4n) is 3.96. The van der Waals surface area contributed by atoms with Gasteiger partial charge in [0.2, 0.25) is 11.8 Å². The van der Waals surface area contributed by atoms with Crippen molar-refractivity contribution < 1.29 is 9.59 Å². The van der Waals surface area contributed by atoms with Crippen LogP contribution >= 0.6 is 15.9 Å². The van der Waals surface area contributed by atoms with Crippen LogP contribution in [0.2, 0.25) is 0 Å². The monoisotopic (exact) mass is 470 g/mol. The third kappa shape index (κ3) is 6.18. The van der Waals surface area contributed by atoms with Gasteiger partial charge in [0.15, 0.2) is 0 Å². The van der Waals surface area contributed by atoms with Gasteiger partial charge in [0.1, 0.15) is 0 Å². The van der Waals surface area contributed by atoms with Crippen molar-refractivity contribution in [2.24, 2.45) is 11.8 Å². The molecule has 1 N–H and O–H groups in total. The summed E-state index contributed by atoms with van der Waals surface area (Å²) in [5.74, 6) is 0.753. The quantitative estimate of drug-likeness (QED) is 0.595. The Bertz CT molecular complexity index is 879. The number of carbonyl (C=O) groups is 2. The second-order valence-corrected chi connectivity index (χ2v) is 9.70. The molecule has 0 saturated carbocycles. The molecule has 4 nitrogen and oxygen atoms in total. The largest absolute Gasteiger partial charge is 0.355 e. The molecular formula is C25H31BrN2O2. The summed E-state index contributed by atoms with van der Waals surface area (Å²) in [6.07, 6.45) is 1.54. The Hall–Kier alpha value is -2.14. The minimum absolute atomic E-state index is 0.0181. The molecule has 5 heteroatoms. The summed E-state index contributed by atoms with van der Waals surface area (Å²) < 4.78 is 1.02. The first-order valence-electron chi connectivity index (χ1n) is 10.7. The van der Waals surface area contributed by atoms with Crippen LogP contribution in [0.25, 0.3) is 0 Å². The van der Waals surface area contributed by atoms with E-state index in [1.54, 1.807) is 0 Å². The number of nitrogens with zero attached hydrogens (tertiary/aromatic N) is 1. The van der Waals surface area contributed by atoms with Gasteiger partial charge in [-0.15, -0.1) is 0 Å². The zero-order valence-corrected chi connectivity index (χ0v) is 19.6. The van der Waals surface area contributed by atoms with E-state index in [1.807, 2.05) is 36.1 Å². The maximum Gasteiger partial charge on any atom is 0.227 e. The topological polar surface area (TPSA) is 49.4 Å². The first kappa shape index (κ1) is 22.5. The van der Waals surface area contributed by atoms with Crippen LogP contribution in [0.1, 0.15) is 49.8 Å². The van der Waals surface area contributed by atoms with Crippen LogP contribution < -0.4 is 5.32 Å². The lowest BCUT2D eigenvalue weighted by molar-refractivity contribution is -0.128. The second-order valence-electron chi connectivity index (χ2n) is 8.78. The highest BCUT2D eigenvalue weighted by Gasteiger charge is 2.30. The molecule has 0 aromatic heterocycles. The Morgan fingerprint density at radius 3 is 2.53 bits per heavy atom. The second kappa shape index (κ2) is 10.3. The first-order valence-corrected chi connectivity index (χ1v) is 11.5. The molecule has 2 aromatic carbocycles. The van der Waals surface area contributed by atoms with Crippen molar-refractivity contribution in [2.75, 3.05) is 13.1 Å². The van der Waals surface area contributed by atoms with Crippen LogP contribution in [-0.2, 0) is 22.6 Å². The van der Waals surface area contributed by atoms with Crippen molar-refractivity contribution in [3.8, 4) is 0 Å². The summed E-state index contributed by atoms with van der Waals surface area (Å²) in [5.41, 5.74) is 3.44. The number of benzene rings is 2. The maximum atomic E-state index is 12.6. The maximum absolute atomic E-state index is 12.6. The molecule has 2 amide bonds. The Labute approximate surface area is 188 Å². The van der Waals surface area contributed by atoms with Gasteiger partial charge in [-0.05, 0) is 48.1 Å². The standard InChI is InChI=1S/C25H31BrN2O2/c1-17(2)11-19-7-9-22(10-8-19)18(3)25(30)27-14-21-13-24(29)28(16-21)15-20-5-4-6-23(26)12-20/h4-10,12,17-18,21H,11,13-16H2,1-3H3,(H,27,30). The summed E-state index contributed by atoms with van der Waals surface area (Å²) in [6, 6.07) is 16.4. The first-order chi connectivity index (χ1) is 14.3. The average molecular weight is 471 g/mol. The number of likely N-dealkylation sites (tertiary alicyclic amines) is 1. The molecule has 1 fully saturated rings. The Kier molecular flexibility index (Phi) is 7.70. The molecule has 0 aliphatic carbocycles. The molecule has 0 radical (unpaired) electrons. The third-order valence-electron chi connectivity index (χ3n) is 5.64. The smallest absolute Gasteiger partial charge is 0.227 e. The molecular weight excluding hydrogens is 440 g/mol. The summed E-state index contributed by atoms with van der Waals surface area (Å²) >= 11 is 3.48. The van der Waals surface area contributed by atoms with Crippen molar-refractivity contribution in [1.82, 2.24) is 10.2 Å². The minimum Gasteiger partial charge on any atom is -0.355 e. The highest BCUT2D eigenvalue weighted by Crippen LogP contribution is 2.22. The van der Waals surface area contributed by atoms with Crippen LogP contribution in [-0.4, -0.2) is 29.8 Å². The number of halogens is 1. The van der Waals surface area contributed by atoms with E-state index in [9.17, 15) is 9.59 Å². The van der Waals surface area contributed by atoms with Gasteiger partial charge < -0.3 is 10.2 Å². The van der Waals surface area contributed by atoms with Gasteiger partial charge in [0, 0.05) is 36.4 Å². The van der Waals surface area contributed by atoms with E-state index in [0.29, 0.717) is 32.0 Å². The molecule has 1 aliphatic rings. The zero-order valence-electron chi connectivity index (χ0n) is 18.0. The highest BCUT2D eigenvalue weighted by molar-refractivity contribution is 9.10. The molecule has 30 heavy (non-hydrogen) atoms. The van der Waals surface area contributed by atoms with Crippen LogP contribution in [0.5, 0.6) is 0 Å². The van der Waals surface area contributed by atoms with Gasteiger partial charge >= 0.3 is 0 Å². The molecule has 1 saturated heterocycles. The molecule has 2 aromatic rings. The highest BCUT2D eigenvalue weighted by atomic mass is 79.9. The van der Waals surface area contributed by atoms with Gasteiger partial charge in [-0.2, -0.15) is 0 Å². The molecule has 2 unspecified atom stereocenters. The molecule has 3 rings (SSSR count). The number of hydrogen-bond donors (Lipinski definition) is 1. The summed E-state index contributed by atoms with van der Waals surface area (Å²) in [5, 5.41) is 3.06. The lowest BCUT2D eigenvalue weighted by Gasteiger charge is -2.18. The predicted octanol–water partition coefficient (Wildman–Crippen LogP) is 4.92. The number of carbonyl (C=O) groups excluding carboxylic acids is 2. The molecule has 0 spiro atoms. The predicted molar refractivity (Wildman–Crippen MR) is 124 cm³/mol. The SMILES string of the molecule is CC(C)Cc1ccc(C(C)C(=O)NCC2CC(=O)N(Cc3cccc(Br)c3)C2)cc1. The molecule has 1 aliphatic heterocycles. The van der Waals surface area contributed by atoms with Crippen molar-refractivity contribution in [1.29, 1.82) is 0 Å². The van der Waals surface area contributed by atoms with Crippen molar-refractivity contribution in [3.05, 3.63) is 69.7 Å². The average Bonchev–Trinajstić information content (AvgIpc) is 3.05. The molecule has 0 bridgehead atoms. The Morgan fingerprint density at radius 2 is 1.87 bits per heavy atom. The molecule has 160 valence electrons. The minimum atomic E-state index is -0.201. The van der Waals surface area contributed by atoms with Crippen LogP contribution in [0.4, 0.5) is 0 Å². The number of nitrogens with one attached hydrogen (secondary N) is 1. The van der Waals surface area contributed by atoms with E-state index in [0.717, 1.165) is 22.0 Å². The van der Waals surface area contributed by atoms with Gasteiger partial charge in [-0.25, -0.2) is 0 Å². The van der Waals surface area contributed by atoms with Crippen LogP contribution in [0.15, 0.2) is 53.0 Å². The Morgan fingerprint density at radius 1 is 1.13 bits per heavy atom. The lowest BCUT2D eigenvalue weighted by atomic mass is 9.96. The normalized spacial score (nSPS) is 17.4. The van der Waals surface area contributed by atoms with Crippen LogP contribution in [0.3, 0.4) is 0 Å². The van der Waals surface area contributed by atoms with Gasteiger partial charge in [0.25, 0.3) is 0 Å². The summed E-state index contributed by atoms with van der Waals surface area (Å²) in [4.78, 5) is 26.9. The van der Waals surface area contributed by atoms with Crippen molar-refractivity contribution >= 4 is 27.7 Å². The third-order valence-corrected chi connectivity index (χ3v) is 6.13. The van der Waals surface area contributed by atoms with Crippen molar-refractivity contribution in [2.45, 2.75) is 46.1 Å². The Balaban J connectivity index is 1.49. The van der Waals surface area contributed by atoms with E-state index in [2.05, 4.69) is 59.4 Å². The number of hydrogen-bond acceptors (Lipinski definition) is 2. The van der Waals surface area contributed by atoms with Gasteiger partial charge in [-0.3, -0.25) is 9.59 Å². The van der Waals surface area contributed by atoms with Gasteiger partial charge in [-0.1, -0.05) is 66.2 Å². The number of amides is 2. The van der Waals surface area contributed by atoms with E-state index in [-0.39, 0.29) is 23.7 Å². The lowest BCUT2D eigenvalue weighted by Crippen LogP contribution is -2.33. The zero-order chi connectivity index (χ0) is 21.7. The van der Waals surface area contributed by atoms with E-state index >= 15 is 0 Å². The molecule has 2 atom stereocenters. The summed E-state index contributed by atoms with van der Waals surface area (Å²) in [7, 11) is 0. The van der Waals surface area contributed by atoms with Crippen LogP contribution in [0, 0.1) is 11.8 Å². The van der Waals surface area contributed by atoms with Gasteiger partial charge in [0.05, 0.1) is 5.92 Å². The fourth-order valence-corrected chi connectivity index (χ4v) is 4.41. The fraction of sp³-hybridized carbons (Fsp3) is 0.440. The van der Waals surface area contributed by atoms with E-state index in [1.165, 1.54) is 5.56 Å². The van der Waals surface area contributed by atoms with E-state index < -0.39 is 0 Å². The van der Waals surface area contributed by atoms with Crippen molar-refractivity contribution in [3.63, 3.8) is 0 Å². The van der Waals surface area contributed by atoms with E-state index in [4.69, 9.17) is 0 Å².